The number of anilines is 2. The number of hydrogen-bond donors (Lipinski definition) is 1. The average molecular weight is 327 g/mol. The van der Waals surface area contributed by atoms with Crippen LogP contribution >= 0.6 is 27.5 Å². The number of aromatic nitrogens is 1. The fourth-order valence-electron chi connectivity index (χ4n) is 1.67. The summed E-state index contributed by atoms with van der Waals surface area (Å²) < 4.78 is 0.857. The van der Waals surface area contributed by atoms with Gasteiger partial charge in [0.25, 0.3) is 0 Å². The van der Waals surface area contributed by atoms with E-state index < -0.39 is 0 Å². The van der Waals surface area contributed by atoms with Gasteiger partial charge in [-0.25, -0.2) is 4.98 Å². The molecule has 2 rings (SSSR count). The highest BCUT2D eigenvalue weighted by Crippen LogP contribution is 2.30. The average Bonchev–Trinajstić information content (AvgIpc) is 2.38. The predicted molar refractivity (Wildman–Crippen MR) is 79.3 cm³/mol. The first-order chi connectivity index (χ1) is 8.61. The Labute approximate surface area is 120 Å². The quantitative estimate of drug-likeness (QED) is 0.934. The van der Waals surface area contributed by atoms with E-state index in [1.165, 1.54) is 0 Å². The number of hydrogen-bond acceptors (Lipinski definition) is 3. The van der Waals surface area contributed by atoms with Crippen LogP contribution in [-0.4, -0.2) is 12.0 Å². The lowest BCUT2D eigenvalue weighted by atomic mass is 10.2. The number of rotatable bonds is 3. The van der Waals surface area contributed by atoms with Crippen LogP contribution in [0.5, 0.6) is 0 Å². The summed E-state index contributed by atoms with van der Waals surface area (Å²) in [5, 5.41) is 0.606. The van der Waals surface area contributed by atoms with Crippen LogP contribution in [0.25, 0.3) is 0 Å². The Bertz CT molecular complexity index is 560. The number of nitrogens with two attached hydrogens (primary N) is 1. The fraction of sp³-hybridized carbons (Fsp3) is 0.154. The SMILES string of the molecule is CN(c1cccc(CN)c1)c1ncc(Cl)cc1Br. The topological polar surface area (TPSA) is 42.1 Å². The Morgan fingerprint density at radius 2 is 2.17 bits per heavy atom. The van der Waals surface area contributed by atoms with Crippen LogP contribution in [0.2, 0.25) is 5.02 Å². The summed E-state index contributed by atoms with van der Waals surface area (Å²) >= 11 is 9.36. The monoisotopic (exact) mass is 325 g/mol. The molecule has 0 aliphatic heterocycles. The number of pyridine rings is 1. The molecule has 0 amide bonds. The van der Waals surface area contributed by atoms with Crippen molar-refractivity contribution in [2.45, 2.75) is 6.54 Å². The zero-order valence-electron chi connectivity index (χ0n) is 9.90. The van der Waals surface area contributed by atoms with Gasteiger partial charge in [-0.05, 0) is 39.7 Å². The first kappa shape index (κ1) is 13.3. The molecule has 0 saturated carbocycles. The molecule has 1 aromatic heterocycles. The Hall–Kier alpha value is -1.10. The second-order valence-electron chi connectivity index (χ2n) is 3.89. The Morgan fingerprint density at radius 1 is 1.39 bits per heavy atom. The summed E-state index contributed by atoms with van der Waals surface area (Å²) in [6, 6.07) is 9.87. The summed E-state index contributed by atoms with van der Waals surface area (Å²) in [5.74, 6) is 0.813. The highest BCUT2D eigenvalue weighted by atomic mass is 79.9. The molecule has 0 atom stereocenters. The van der Waals surface area contributed by atoms with Gasteiger partial charge in [0.15, 0.2) is 0 Å². The van der Waals surface area contributed by atoms with E-state index in [0.717, 1.165) is 21.5 Å². The molecule has 18 heavy (non-hydrogen) atoms. The third-order valence-corrected chi connectivity index (χ3v) is 3.43. The van der Waals surface area contributed by atoms with Crippen LogP contribution in [0.4, 0.5) is 11.5 Å². The Morgan fingerprint density at radius 3 is 2.83 bits per heavy atom. The molecular formula is C13H13BrClN3. The van der Waals surface area contributed by atoms with Crippen LogP contribution in [0.1, 0.15) is 5.56 Å². The number of benzene rings is 1. The molecule has 1 aromatic carbocycles. The van der Waals surface area contributed by atoms with Gasteiger partial charge >= 0.3 is 0 Å². The molecule has 0 aliphatic carbocycles. The maximum atomic E-state index is 5.89. The summed E-state index contributed by atoms with van der Waals surface area (Å²) in [6.07, 6.45) is 1.63. The van der Waals surface area contributed by atoms with E-state index >= 15 is 0 Å². The van der Waals surface area contributed by atoms with Crippen molar-refractivity contribution in [1.29, 1.82) is 0 Å². The van der Waals surface area contributed by atoms with Crippen molar-refractivity contribution in [1.82, 2.24) is 4.98 Å². The normalized spacial score (nSPS) is 10.4. The van der Waals surface area contributed by atoms with Crippen molar-refractivity contribution in [3.63, 3.8) is 0 Å². The summed E-state index contributed by atoms with van der Waals surface area (Å²) in [4.78, 5) is 6.31. The van der Waals surface area contributed by atoms with E-state index in [-0.39, 0.29) is 0 Å². The largest absolute Gasteiger partial charge is 0.329 e. The zero-order chi connectivity index (χ0) is 13.1. The van der Waals surface area contributed by atoms with E-state index in [4.69, 9.17) is 17.3 Å². The van der Waals surface area contributed by atoms with Gasteiger partial charge in [0.1, 0.15) is 5.82 Å². The van der Waals surface area contributed by atoms with Gasteiger partial charge in [0.05, 0.1) is 9.50 Å². The second kappa shape index (κ2) is 5.69. The lowest BCUT2D eigenvalue weighted by molar-refractivity contribution is 1.06. The van der Waals surface area contributed by atoms with E-state index in [1.807, 2.05) is 42.3 Å². The molecule has 3 nitrogen and oxygen atoms in total. The highest BCUT2D eigenvalue weighted by Gasteiger charge is 2.10. The van der Waals surface area contributed by atoms with Gasteiger partial charge in [-0.3, -0.25) is 0 Å². The molecule has 0 unspecified atom stereocenters. The van der Waals surface area contributed by atoms with Gasteiger partial charge in [0.2, 0.25) is 0 Å². The van der Waals surface area contributed by atoms with Crippen molar-refractivity contribution in [2.75, 3.05) is 11.9 Å². The standard InChI is InChI=1S/C13H13BrClN3/c1-18(11-4-2-3-9(5-11)7-16)13-12(14)6-10(15)8-17-13/h2-6,8H,7,16H2,1H3. The smallest absolute Gasteiger partial charge is 0.147 e. The molecule has 0 spiro atoms. The Kier molecular flexibility index (Phi) is 4.22. The first-order valence-electron chi connectivity index (χ1n) is 5.45. The molecular weight excluding hydrogens is 314 g/mol. The molecule has 2 N–H and O–H groups in total. The molecule has 0 aliphatic rings. The van der Waals surface area contributed by atoms with Crippen LogP contribution < -0.4 is 10.6 Å². The third kappa shape index (κ3) is 2.83. The highest BCUT2D eigenvalue weighted by molar-refractivity contribution is 9.10. The van der Waals surface area contributed by atoms with Crippen molar-refractivity contribution >= 4 is 39.0 Å². The number of halogens is 2. The van der Waals surface area contributed by atoms with Crippen LogP contribution in [0.15, 0.2) is 41.0 Å². The minimum atomic E-state index is 0.525. The van der Waals surface area contributed by atoms with Gasteiger partial charge in [-0.2, -0.15) is 0 Å². The van der Waals surface area contributed by atoms with Crippen LogP contribution in [0.3, 0.4) is 0 Å². The summed E-state index contributed by atoms with van der Waals surface area (Å²) in [6.45, 7) is 0.525. The minimum absolute atomic E-state index is 0.525. The van der Waals surface area contributed by atoms with Gasteiger partial charge < -0.3 is 10.6 Å². The van der Waals surface area contributed by atoms with E-state index in [1.54, 1.807) is 6.20 Å². The predicted octanol–water partition coefficient (Wildman–Crippen LogP) is 3.72. The first-order valence-corrected chi connectivity index (χ1v) is 6.62. The van der Waals surface area contributed by atoms with Gasteiger partial charge in [-0.15, -0.1) is 0 Å². The maximum absolute atomic E-state index is 5.89. The van der Waals surface area contributed by atoms with E-state index in [9.17, 15) is 0 Å². The van der Waals surface area contributed by atoms with Gasteiger partial charge in [0, 0.05) is 25.5 Å². The van der Waals surface area contributed by atoms with Crippen molar-refractivity contribution in [3.05, 3.63) is 51.6 Å². The number of nitrogens with zero attached hydrogens (tertiary/aromatic N) is 2. The molecule has 0 fully saturated rings. The summed E-state index contributed by atoms with van der Waals surface area (Å²) in [7, 11) is 1.95. The fourth-order valence-corrected chi connectivity index (χ4v) is 2.57. The molecule has 0 bridgehead atoms. The maximum Gasteiger partial charge on any atom is 0.147 e. The molecule has 5 heteroatoms. The van der Waals surface area contributed by atoms with Crippen LogP contribution in [0, 0.1) is 0 Å². The summed E-state index contributed by atoms with van der Waals surface area (Å²) in [5.41, 5.74) is 7.77. The van der Waals surface area contributed by atoms with Crippen molar-refractivity contribution in [2.24, 2.45) is 5.73 Å². The lowest BCUT2D eigenvalue weighted by Crippen LogP contribution is -2.12. The molecule has 94 valence electrons. The zero-order valence-corrected chi connectivity index (χ0v) is 12.2. The molecule has 0 saturated heterocycles. The Balaban J connectivity index is 2.37. The minimum Gasteiger partial charge on any atom is -0.329 e. The lowest BCUT2D eigenvalue weighted by Gasteiger charge is -2.20. The van der Waals surface area contributed by atoms with Crippen LogP contribution in [-0.2, 0) is 6.54 Å². The van der Waals surface area contributed by atoms with Gasteiger partial charge in [-0.1, -0.05) is 23.7 Å². The van der Waals surface area contributed by atoms with E-state index in [0.29, 0.717) is 11.6 Å². The molecule has 1 heterocycles. The van der Waals surface area contributed by atoms with Crippen molar-refractivity contribution < 1.29 is 0 Å². The second-order valence-corrected chi connectivity index (χ2v) is 5.18. The van der Waals surface area contributed by atoms with Crippen molar-refractivity contribution in [3.8, 4) is 0 Å². The van der Waals surface area contributed by atoms with E-state index in [2.05, 4.69) is 20.9 Å². The third-order valence-electron chi connectivity index (χ3n) is 2.64. The molecule has 2 aromatic rings. The molecule has 0 radical (unpaired) electrons.